The number of imidazole rings is 1. The summed E-state index contributed by atoms with van der Waals surface area (Å²) >= 11 is 6.00. The highest BCUT2D eigenvalue weighted by atomic mass is 35.5. The van der Waals surface area contributed by atoms with Gasteiger partial charge in [-0.05, 0) is 24.3 Å². The summed E-state index contributed by atoms with van der Waals surface area (Å²) < 4.78 is 7.24. The van der Waals surface area contributed by atoms with Crippen LogP contribution < -0.4 is 4.74 Å². The van der Waals surface area contributed by atoms with Gasteiger partial charge >= 0.3 is 0 Å². The quantitative estimate of drug-likeness (QED) is 0.697. The molecule has 21 heavy (non-hydrogen) atoms. The number of halogens is 1. The summed E-state index contributed by atoms with van der Waals surface area (Å²) in [4.78, 5) is 8.84. The number of aromatic nitrogens is 3. The van der Waals surface area contributed by atoms with Crippen molar-refractivity contribution >= 4 is 22.8 Å². The van der Waals surface area contributed by atoms with Crippen LogP contribution in [0.3, 0.4) is 0 Å². The van der Waals surface area contributed by atoms with Crippen LogP contribution in [0.4, 0.5) is 0 Å². The molecular weight excluding hydrogens is 288 g/mol. The molecule has 0 saturated heterocycles. The van der Waals surface area contributed by atoms with Crippen LogP contribution in [0.2, 0.25) is 0 Å². The molecule has 0 aliphatic heterocycles. The van der Waals surface area contributed by atoms with Crippen LogP contribution >= 0.6 is 11.6 Å². The summed E-state index contributed by atoms with van der Waals surface area (Å²) in [6.07, 6.45) is 1.70. The SMILES string of the molecule is COc1cc(C#N)ccc1-n1c(CCl)nc2cccnc21. The van der Waals surface area contributed by atoms with Crippen LogP contribution in [0.5, 0.6) is 5.75 Å². The van der Waals surface area contributed by atoms with Crippen molar-refractivity contribution < 1.29 is 4.74 Å². The number of nitriles is 1. The van der Waals surface area contributed by atoms with Gasteiger partial charge in [-0.25, -0.2) is 9.97 Å². The second kappa shape index (κ2) is 5.43. The Balaban J connectivity index is 2.32. The van der Waals surface area contributed by atoms with Crippen molar-refractivity contribution in [2.75, 3.05) is 7.11 Å². The maximum Gasteiger partial charge on any atom is 0.164 e. The molecule has 2 aromatic heterocycles. The molecule has 0 atom stereocenters. The zero-order chi connectivity index (χ0) is 14.8. The van der Waals surface area contributed by atoms with E-state index in [9.17, 15) is 0 Å². The summed E-state index contributed by atoms with van der Waals surface area (Å²) in [6.45, 7) is 0. The monoisotopic (exact) mass is 298 g/mol. The highest BCUT2D eigenvalue weighted by Crippen LogP contribution is 2.29. The summed E-state index contributed by atoms with van der Waals surface area (Å²) in [6, 6.07) is 11.0. The van der Waals surface area contributed by atoms with E-state index in [4.69, 9.17) is 21.6 Å². The molecule has 6 heteroatoms. The van der Waals surface area contributed by atoms with E-state index >= 15 is 0 Å². The van der Waals surface area contributed by atoms with Crippen LogP contribution in [-0.2, 0) is 5.88 Å². The highest BCUT2D eigenvalue weighted by molar-refractivity contribution is 6.17. The normalized spacial score (nSPS) is 10.5. The lowest BCUT2D eigenvalue weighted by Crippen LogP contribution is -2.03. The predicted octanol–water partition coefficient (Wildman–Crippen LogP) is 3.04. The smallest absolute Gasteiger partial charge is 0.164 e. The zero-order valence-electron chi connectivity index (χ0n) is 11.2. The first kappa shape index (κ1) is 13.4. The molecule has 0 fully saturated rings. The van der Waals surface area contributed by atoms with Crippen molar-refractivity contribution in [2.45, 2.75) is 5.88 Å². The minimum Gasteiger partial charge on any atom is -0.495 e. The van der Waals surface area contributed by atoms with Crippen LogP contribution in [0.1, 0.15) is 11.4 Å². The molecule has 104 valence electrons. The predicted molar refractivity (Wildman–Crippen MR) is 79.7 cm³/mol. The fourth-order valence-electron chi connectivity index (χ4n) is 2.23. The van der Waals surface area contributed by atoms with Gasteiger partial charge < -0.3 is 4.74 Å². The van der Waals surface area contributed by atoms with Crippen LogP contribution in [-0.4, -0.2) is 21.6 Å². The van der Waals surface area contributed by atoms with Gasteiger partial charge in [0, 0.05) is 12.3 Å². The lowest BCUT2D eigenvalue weighted by molar-refractivity contribution is 0.412. The second-order valence-corrected chi connectivity index (χ2v) is 4.61. The lowest BCUT2D eigenvalue weighted by Gasteiger charge is -2.12. The Morgan fingerprint density at radius 3 is 2.95 bits per heavy atom. The molecule has 0 amide bonds. The molecule has 0 radical (unpaired) electrons. The first-order valence-corrected chi connectivity index (χ1v) is 6.78. The van der Waals surface area contributed by atoms with Crippen LogP contribution in [0.25, 0.3) is 16.9 Å². The van der Waals surface area contributed by atoms with Gasteiger partial charge in [0.05, 0.1) is 30.3 Å². The maximum atomic E-state index is 8.99. The Labute approximate surface area is 126 Å². The first-order valence-electron chi connectivity index (χ1n) is 6.25. The number of hydrogen-bond acceptors (Lipinski definition) is 4. The summed E-state index contributed by atoms with van der Waals surface area (Å²) in [5.74, 6) is 1.50. The molecule has 0 saturated carbocycles. The van der Waals surface area contributed by atoms with Crippen molar-refractivity contribution in [3.63, 3.8) is 0 Å². The molecule has 1 aromatic carbocycles. The topological polar surface area (TPSA) is 63.7 Å². The number of pyridine rings is 1. The molecule has 0 spiro atoms. The lowest BCUT2D eigenvalue weighted by atomic mass is 10.2. The average molecular weight is 299 g/mol. The molecule has 2 heterocycles. The third kappa shape index (κ3) is 2.20. The van der Waals surface area contributed by atoms with Crippen molar-refractivity contribution in [1.82, 2.24) is 14.5 Å². The Morgan fingerprint density at radius 1 is 1.38 bits per heavy atom. The van der Waals surface area contributed by atoms with Crippen molar-refractivity contribution in [1.29, 1.82) is 5.26 Å². The largest absolute Gasteiger partial charge is 0.495 e. The average Bonchev–Trinajstić information content (AvgIpc) is 2.92. The summed E-state index contributed by atoms with van der Waals surface area (Å²) in [7, 11) is 1.56. The number of ether oxygens (including phenoxy) is 1. The fraction of sp³-hybridized carbons (Fsp3) is 0.133. The van der Waals surface area contributed by atoms with Crippen molar-refractivity contribution in [3.8, 4) is 17.5 Å². The van der Waals surface area contributed by atoms with E-state index in [0.717, 1.165) is 11.2 Å². The third-order valence-corrected chi connectivity index (χ3v) is 3.39. The Kier molecular flexibility index (Phi) is 3.46. The van der Waals surface area contributed by atoms with E-state index < -0.39 is 0 Å². The second-order valence-electron chi connectivity index (χ2n) is 4.34. The van der Waals surface area contributed by atoms with Crippen LogP contribution in [0.15, 0.2) is 36.5 Å². The van der Waals surface area contributed by atoms with Gasteiger partial charge in [-0.15, -0.1) is 11.6 Å². The van der Waals surface area contributed by atoms with E-state index in [-0.39, 0.29) is 5.88 Å². The van der Waals surface area contributed by atoms with Gasteiger partial charge in [0.2, 0.25) is 0 Å². The highest BCUT2D eigenvalue weighted by Gasteiger charge is 2.16. The molecule has 0 unspecified atom stereocenters. The minimum absolute atomic E-state index is 0.250. The first-order chi connectivity index (χ1) is 10.3. The molecule has 3 aromatic rings. The summed E-state index contributed by atoms with van der Waals surface area (Å²) in [5, 5.41) is 8.99. The number of rotatable bonds is 3. The van der Waals surface area contributed by atoms with Crippen LogP contribution in [0, 0.1) is 11.3 Å². The molecule has 0 bridgehead atoms. The van der Waals surface area contributed by atoms with Gasteiger partial charge in [-0.1, -0.05) is 0 Å². The Hall–Kier alpha value is -2.58. The van der Waals surface area contributed by atoms with Gasteiger partial charge in [-0.3, -0.25) is 4.57 Å². The van der Waals surface area contributed by atoms with Crippen molar-refractivity contribution in [2.24, 2.45) is 0 Å². The number of methoxy groups -OCH3 is 1. The standard InChI is InChI=1S/C15H11ClN4O/c1-21-13-7-10(9-17)4-5-12(13)20-14(8-16)19-11-3-2-6-18-15(11)20/h2-7H,8H2,1H3. The number of alkyl halides is 1. The zero-order valence-corrected chi connectivity index (χ0v) is 12.0. The van der Waals surface area contributed by atoms with E-state index in [1.807, 2.05) is 22.8 Å². The van der Waals surface area contributed by atoms with Crippen molar-refractivity contribution in [3.05, 3.63) is 47.9 Å². The Bertz CT molecular complexity index is 850. The molecule has 5 nitrogen and oxygen atoms in total. The maximum absolute atomic E-state index is 8.99. The van der Waals surface area contributed by atoms with Gasteiger partial charge in [0.1, 0.15) is 17.1 Å². The third-order valence-electron chi connectivity index (χ3n) is 3.15. The van der Waals surface area contributed by atoms with E-state index in [2.05, 4.69) is 16.0 Å². The number of hydrogen-bond donors (Lipinski definition) is 0. The summed E-state index contributed by atoms with van der Waals surface area (Å²) in [5.41, 5.74) is 2.75. The van der Waals surface area contributed by atoms with Gasteiger partial charge in [0.25, 0.3) is 0 Å². The molecular formula is C15H11ClN4O. The minimum atomic E-state index is 0.250. The van der Waals surface area contributed by atoms with E-state index in [1.54, 1.807) is 25.4 Å². The molecule has 0 aliphatic rings. The number of fused-ring (bicyclic) bond motifs is 1. The fourth-order valence-corrected chi connectivity index (χ4v) is 2.41. The van der Waals surface area contributed by atoms with E-state index in [1.165, 1.54) is 0 Å². The molecule has 3 rings (SSSR count). The molecule has 0 aliphatic carbocycles. The number of benzene rings is 1. The molecule has 0 N–H and O–H groups in total. The number of nitrogens with zero attached hydrogens (tertiary/aromatic N) is 4. The van der Waals surface area contributed by atoms with Gasteiger partial charge in [0.15, 0.2) is 5.65 Å². The Morgan fingerprint density at radius 2 is 2.24 bits per heavy atom. The van der Waals surface area contributed by atoms with Gasteiger partial charge in [-0.2, -0.15) is 5.26 Å². The van der Waals surface area contributed by atoms with E-state index in [0.29, 0.717) is 22.8 Å².